The fourth-order valence-corrected chi connectivity index (χ4v) is 2.05. The molecule has 0 aromatic heterocycles. The van der Waals surface area contributed by atoms with Gasteiger partial charge in [0.25, 0.3) is 5.91 Å². The van der Waals surface area contributed by atoms with E-state index in [1.54, 1.807) is 12.1 Å². The van der Waals surface area contributed by atoms with Crippen molar-refractivity contribution in [3.63, 3.8) is 0 Å². The first-order valence-electron chi connectivity index (χ1n) is 6.07. The van der Waals surface area contributed by atoms with E-state index >= 15 is 0 Å². The number of aliphatic hydroxyl groups excluding tert-OH is 1. The Morgan fingerprint density at radius 1 is 1.42 bits per heavy atom. The number of amides is 1. The average Bonchev–Trinajstić information content (AvgIpc) is 2.81. The first-order chi connectivity index (χ1) is 8.99. The van der Waals surface area contributed by atoms with Crippen LogP contribution in [0.25, 0.3) is 0 Å². The molecule has 1 amide bonds. The highest BCUT2D eigenvalue weighted by Gasteiger charge is 2.25. The van der Waals surface area contributed by atoms with Crippen molar-refractivity contribution in [1.29, 1.82) is 0 Å². The summed E-state index contributed by atoms with van der Waals surface area (Å²) >= 11 is 0. The molecule has 1 aromatic carbocycles. The molecule has 0 unspecified atom stereocenters. The Hall–Kier alpha value is -2.08. The van der Waals surface area contributed by atoms with Crippen LogP contribution in [0.1, 0.15) is 22.8 Å². The Morgan fingerprint density at radius 3 is 2.79 bits per heavy atom. The van der Waals surface area contributed by atoms with E-state index in [1.807, 2.05) is 6.07 Å². The molecule has 0 saturated carbocycles. The summed E-state index contributed by atoms with van der Waals surface area (Å²) in [6.07, 6.45) is -0.239. The van der Waals surface area contributed by atoms with Gasteiger partial charge in [0.05, 0.1) is 6.10 Å². The fourth-order valence-electron chi connectivity index (χ4n) is 2.05. The number of aliphatic carboxylic acids is 1. The lowest BCUT2D eigenvalue weighted by Crippen LogP contribution is -2.47. The van der Waals surface area contributed by atoms with Gasteiger partial charge >= 0.3 is 5.97 Å². The van der Waals surface area contributed by atoms with E-state index in [-0.39, 0.29) is 0 Å². The number of anilines is 1. The van der Waals surface area contributed by atoms with E-state index in [0.717, 1.165) is 24.2 Å². The molecule has 1 heterocycles. The topological polar surface area (TPSA) is 98.7 Å². The molecular formula is C13H16N2O4. The van der Waals surface area contributed by atoms with Gasteiger partial charge in [-0.1, -0.05) is 6.07 Å². The zero-order valence-corrected chi connectivity index (χ0v) is 10.5. The third-order valence-corrected chi connectivity index (χ3v) is 3.12. The van der Waals surface area contributed by atoms with Crippen LogP contribution in [0.15, 0.2) is 18.2 Å². The summed E-state index contributed by atoms with van der Waals surface area (Å²) in [6, 6.07) is 3.89. The van der Waals surface area contributed by atoms with Crippen molar-refractivity contribution in [1.82, 2.24) is 5.32 Å². The molecule has 0 saturated heterocycles. The molecular weight excluding hydrogens is 248 g/mol. The number of fused-ring (bicyclic) bond motifs is 1. The van der Waals surface area contributed by atoms with E-state index in [4.69, 9.17) is 5.11 Å². The summed E-state index contributed by atoms with van der Waals surface area (Å²) in [7, 11) is 0. The van der Waals surface area contributed by atoms with E-state index < -0.39 is 24.0 Å². The summed E-state index contributed by atoms with van der Waals surface area (Å²) < 4.78 is 0. The van der Waals surface area contributed by atoms with Crippen LogP contribution in [-0.2, 0) is 11.2 Å². The van der Waals surface area contributed by atoms with Crippen LogP contribution >= 0.6 is 0 Å². The number of rotatable bonds is 4. The standard InChI is InChI=1S/C13H16N2O4/c1-7(16)11(13(18)19)15-12(17)9-3-2-8-4-5-14-10(8)6-9/h2-3,6-7,11,14,16H,4-5H2,1H3,(H,15,17)(H,18,19)/t7-,11+/m1/s1. The second kappa shape index (κ2) is 5.27. The third kappa shape index (κ3) is 2.85. The highest BCUT2D eigenvalue weighted by molar-refractivity contribution is 5.97. The number of benzene rings is 1. The molecule has 0 aliphatic carbocycles. The van der Waals surface area contributed by atoms with Crippen LogP contribution in [0, 0.1) is 0 Å². The molecule has 6 nitrogen and oxygen atoms in total. The van der Waals surface area contributed by atoms with E-state index in [1.165, 1.54) is 6.92 Å². The molecule has 1 aromatic rings. The second-order valence-electron chi connectivity index (χ2n) is 4.58. The predicted octanol–water partition coefficient (Wildman–Crippen LogP) is 0.218. The Kier molecular flexibility index (Phi) is 3.71. The summed E-state index contributed by atoms with van der Waals surface area (Å²) in [5.41, 5.74) is 2.42. The zero-order valence-electron chi connectivity index (χ0n) is 10.5. The summed E-state index contributed by atoms with van der Waals surface area (Å²) in [6.45, 7) is 2.16. The van der Waals surface area contributed by atoms with Gasteiger partial charge in [0.2, 0.25) is 0 Å². The van der Waals surface area contributed by atoms with Crippen molar-refractivity contribution >= 4 is 17.6 Å². The lowest BCUT2D eigenvalue weighted by atomic mass is 10.1. The molecule has 19 heavy (non-hydrogen) atoms. The molecule has 102 valence electrons. The van der Waals surface area contributed by atoms with Crippen molar-refractivity contribution in [3.8, 4) is 0 Å². The van der Waals surface area contributed by atoms with Crippen molar-refractivity contribution in [2.75, 3.05) is 11.9 Å². The van der Waals surface area contributed by atoms with Gasteiger partial charge < -0.3 is 20.8 Å². The van der Waals surface area contributed by atoms with Gasteiger partial charge in [0.1, 0.15) is 0 Å². The average molecular weight is 264 g/mol. The van der Waals surface area contributed by atoms with Gasteiger partial charge in [-0.3, -0.25) is 4.79 Å². The first kappa shape index (κ1) is 13.4. The summed E-state index contributed by atoms with van der Waals surface area (Å²) in [5.74, 6) is -1.77. The normalized spacial score (nSPS) is 16.1. The first-order valence-corrected chi connectivity index (χ1v) is 6.07. The van der Waals surface area contributed by atoms with Gasteiger partial charge in [-0.25, -0.2) is 4.79 Å². The van der Waals surface area contributed by atoms with Crippen LogP contribution in [-0.4, -0.2) is 40.8 Å². The lowest BCUT2D eigenvalue weighted by molar-refractivity contribution is -0.141. The minimum atomic E-state index is -1.31. The number of aliphatic hydroxyl groups is 1. The van der Waals surface area contributed by atoms with Crippen molar-refractivity contribution in [2.24, 2.45) is 0 Å². The highest BCUT2D eigenvalue weighted by atomic mass is 16.4. The van der Waals surface area contributed by atoms with E-state index in [9.17, 15) is 14.7 Å². The zero-order chi connectivity index (χ0) is 14.0. The van der Waals surface area contributed by atoms with E-state index in [0.29, 0.717) is 5.56 Å². The third-order valence-electron chi connectivity index (χ3n) is 3.12. The second-order valence-corrected chi connectivity index (χ2v) is 4.58. The number of carbonyl (C=O) groups excluding carboxylic acids is 1. The minimum Gasteiger partial charge on any atom is -0.480 e. The van der Waals surface area contributed by atoms with Gasteiger partial charge in [0, 0.05) is 17.8 Å². The number of nitrogens with one attached hydrogen (secondary N) is 2. The number of carboxylic acid groups (broad SMARTS) is 1. The smallest absolute Gasteiger partial charge is 0.328 e. The molecule has 2 atom stereocenters. The Morgan fingerprint density at radius 2 is 2.16 bits per heavy atom. The Bertz CT molecular complexity index is 513. The molecule has 2 rings (SSSR count). The number of hydrogen-bond acceptors (Lipinski definition) is 4. The Balaban J connectivity index is 2.13. The Labute approximate surface area is 110 Å². The van der Waals surface area contributed by atoms with Crippen LogP contribution in [0.2, 0.25) is 0 Å². The molecule has 1 aliphatic rings. The monoisotopic (exact) mass is 264 g/mol. The number of carboxylic acids is 1. The molecule has 0 spiro atoms. The fraction of sp³-hybridized carbons (Fsp3) is 0.385. The maximum atomic E-state index is 12.0. The minimum absolute atomic E-state index is 0.375. The SMILES string of the molecule is C[C@@H](O)[C@H](NC(=O)c1ccc2c(c1)NCC2)C(=O)O. The number of hydrogen-bond donors (Lipinski definition) is 4. The predicted molar refractivity (Wildman–Crippen MR) is 69.2 cm³/mol. The van der Waals surface area contributed by atoms with Crippen molar-refractivity contribution in [3.05, 3.63) is 29.3 Å². The number of carbonyl (C=O) groups is 2. The summed E-state index contributed by atoms with van der Waals surface area (Å²) in [5, 5.41) is 23.7. The van der Waals surface area contributed by atoms with Crippen molar-refractivity contribution in [2.45, 2.75) is 25.5 Å². The van der Waals surface area contributed by atoms with Gasteiger partial charge in [-0.2, -0.15) is 0 Å². The maximum absolute atomic E-state index is 12.0. The molecule has 1 aliphatic heterocycles. The van der Waals surface area contributed by atoms with E-state index in [2.05, 4.69) is 10.6 Å². The van der Waals surface area contributed by atoms with Gasteiger partial charge in [-0.05, 0) is 31.0 Å². The summed E-state index contributed by atoms with van der Waals surface area (Å²) in [4.78, 5) is 22.9. The highest BCUT2D eigenvalue weighted by Crippen LogP contribution is 2.23. The van der Waals surface area contributed by atoms with Crippen LogP contribution in [0.4, 0.5) is 5.69 Å². The quantitative estimate of drug-likeness (QED) is 0.623. The van der Waals surface area contributed by atoms with Crippen LogP contribution in [0.5, 0.6) is 0 Å². The van der Waals surface area contributed by atoms with Crippen LogP contribution in [0.3, 0.4) is 0 Å². The molecule has 0 fully saturated rings. The molecule has 6 heteroatoms. The molecule has 4 N–H and O–H groups in total. The van der Waals surface area contributed by atoms with Gasteiger partial charge in [-0.15, -0.1) is 0 Å². The maximum Gasteiger partial charge on any atom is 0.328 e. The lowest BCUT2D eigenvalue weighted by Gasteiger charge is -2.17. The molecule has 0 radical (unpaired) electrons. The molecule has 0 bridgehead atoms. The van der Waals surface area contributed by atoms with Gasteiger partial charge in [0.15, 0.2) is 6.04 Å². The van der Waals surface area contributed by atoms with Crippen LogP contribution < -0.4 is 10.6 Å². The van der Waals surface area contributed by atoms with Crippen molar-refractivity contribution < 1.29 is 19.8 Å². The largest absolute Gasteiger partial charge is 0.480 e.